The number of pyridine rings is 1. The Morgan fingerprint density at radius 2 is 2.10 bits per heavy atom. The third-order valence-corrected chi connectivity index (χ3v) is 6.27. The Morgan fingerprint density at radius 3 is 2.80 bits per heavy atom. The smallest absolute Gasteiger partial charge is 0.118 e. The molecule has 1 aliphatic carbocycles. The maximum absolute atomic E-state index is 9.43. The summed E-state index contributed by atoms with van der Waals surface area (Å²) in [6.07, 6.45) is 9.17. The van der Waals surface area contributed by atoms with Crippen molar-refractivity contribution in [1.82, 2.24) is 20.0 Å². The van der Waals surface area contributed by atoms with E-state index in [2.05, 4.69) is 27.2 Å². The Balaban J connectivity index is 1.66. The summed E-state index contributed by atoms with van der Waals surface area (Å²) in [6.45, 7) is 1.95. The molecule has 2 aliphatic rings. The Hall–Kier alpha value is -2.95. The second-order valence-corrected chi connectivity index (χ2v) is 8.21. The van der Waals surface area contributed by atoms with Gasteiger partial charge in [-0.15, -0.1) is 5.48 Å². The molecule has 0 bridgehead atoms. The van der Waals surface area contributed by atoms with Crippen molar-refractivity contribution in [3.63, 3.8) is 0 Å². The van der Waals surface area contributed by atoms with Gasteiger partial charge < -0.3 is 14.1 Å². The zero-order chi connectivity index (χ0) is 20.7. The summed E-state index contributed by atoms with van der Waals surface area (Å²) >= 11 is 0. The normalized spacial score (nSPS) is 24.0. The second kappa shape index (κ2) is 7.71. The van der Waals surface area contributed by atoms with Crippen LogP contribution in [0.2, 0.25) is 0 Å². The zero-order valence-corrected chi connectivity index (χ0v) is 17.3. The lowest BCUT2D eigenvalue weighted by Gasteiger charge is -2.30. The number of methoxy groups -OCH3 is 1. The van der Waals surface area contributed by atoms with Crippen LogP contribution in [-0.4, -0.2) is 33.8 Å². The van der Waals surface area contributed by atoms with E-state index in [0.29, 0.717) is 17.7 Å². The third kappa shape index (κ3) is 3.32. The quantitative estimate of drug-likeness (QED) is 0.710. The molecule has 1 unspecified atom stereocenters. The number of nitriles is 1. The van der Waals surface area contributed by atoms with E-state index in [-0.39, 0.29) is 6.04 Å². The first-order valence-electron chi connectivity index (χ1n) is 10.5. The fourth-order valence-electron chi connectivity index (χ4n) is 4.79. The van der Waals surface area contributed by atoms with Crippen LogP contribution < -0.4 is 5.48 Å². The van der Waals surface area contributed by atoms with E-state index in [1.807, 2.05) is 31.3 Å². The number of ether oxygens (including phenoxy) is 1. The molecule has 7 heteroatoms. The van der Waals surface area contributed by atoms with E-state index in [4.69, 9.17) is 14.6 Å². The van der Waals surface area contributed by atoms with E-state index in [1.165, 1.54) is 0 Å². The molecule has 3 heterocycles. The fourth-order valence-corrected chi connectivity index (χ4v) is 4.79. The molecular weight excluding hydrogens is 378 g/mol. The van der Waals surface area contributed by atoms with Gasteiger partial charge in [-0.25, -0.2) is 4.98 Å². The van der Waals surface area contributed by atoms with Gasteiger partial charge >= 0.3 is 0 Å². The van der Waals surface area contributed by atoms with Crippen molar-refractivity contribution in [1.29, 1.82) is 5.26 Å². The SMILES string of the molecule is CO[C@H]1CC[C@H](n2c(CC3C=C(C)ON3)nc3cnc4ccc(C#N)cc4c32)CC1. The Kier molecular flexibility index (Phi) is 4.89. The maximum Gasteiger partial charge on any atom is 0.118 e. The van der Waals surface area contributed by atoms with Crippen molar-refractivity contribution < 1.29 is 9.57 Å². The molecule has 30 heavy (non-hydrogen) atoms. The summed E-state index contributed by atoms with van der Waals surface area (Å²) in [5, 5.41) is 10.4. The highest BCUT2D eigenvalue weighted by atomic mass is 16.7. The van der Waals surface area contributed by atoms with Crippen LogP contribution >= 0.6 is 0 Å². The van der Waals surface area contributed by atoms with Crippen molar-refractivity contribution in [3.8, 4) is 6.07 Å². The van der Waals surface area contributed by atoms with Crippen molar-refractivity contribution in [2.24, 2.45) is 0 Å². The predicted molar refractivity (Wildman–Crippen MR) is 114 cm³/mol. The minimum atomic E-state index is 0.0877. The predicted octanol–water partition coefficient (Wildman–Crippen LogP) is 3.94. The number of nitrogens with zero attached hydrogens (tertiary/aromatic N) is 4. The molecule has 7 nitrogen and oxygen atoms in total. The van der Waals surface area contributed by atoms with Crippen LogP contribution in [0.15, 0.2) is 36.2 Å². The van der Waals surface area contributed by atoms with E-state index >= 15 is 0 Å². The monoisotopic (exact) mass is 403 g/mol. The van der Waals surface area contributed by atoms with Crippen LogP contribution in [-0.2, 0) is 16.0 Å². The molecule has 2 aromatic heterocycles. The molecule has 154 valence electrons. The number of rotatable bonds is 4. The van der Waals surface area contributed by atoms with Crippen molar-refractivity contribution in [2.45, 2.75) is 57.2 Å². The summed E-state index contributed by atoms with van der Waals surface area (Å²) in [6, 6.07) is 8.37. The number of hydroxylamine groups is 1. The van der Waals surface area contributed by atoms with Gasteiger partial charge in [-0.1, -0.05) is 0 Å². The number of allylic oxidation sites excluding steroid dienone is 1. The number of hydrogen-bond donors (Lipinski definition) is 1. The summed E-state index contributed by atoms with van der Waals surface area (Å²) in [5.41, 5.74) is 6.55. The Morgan fingerprint density at radius 1 is 1.27 bits per heavy atom. The molecule has 3 aromatic rings. The van der Waals surface area contributed by atoms with Gasteiger partial charge in [0.1, 0.15) is 17.1 Å². The molecule has 1 aromatic carbocycles. The molecular formula is C23H25N5O2. The number of imidazole rings is 1. The van der Waals surface area contributed by atoms with Gasteiger partial charge in [0.05, 0.1) is 41.0 Å². The van der Waals surface area contributed by atoms with Crippen LogP contribution in [0.4, 0.5) is 0 Å². The number of hydrogen-bond acceptors (Lipinski definition) is 6. The van der Waals surface area contributed by atoms with E-state index in [1.54, 1.807) is 7.11 Å². The van der Waals surface area contributed by atoms with Gasteiger partial charge in [-0.05, 0) is 56.9 Å². The van der Waals surface area contributed by atoms with Gasteiger partial charge in [-0.2, -0.15) is 5.26 Å². The lowest BCUT2D eigenvalue weighted by molar-refractivity contribution is 0.0584. The molecule has 1 atom stereocenters. The molecule has 0 radical (unpaired) electrons. The highest BCUT2D eigenvalue weighted by Crippen LogP contribution is 2.36. The van der Waals surface area contributed by atoms with Crippen molar-refractivity contribution >= 4 is 21.9 Å². The average Bonchev–Trinajstić information content (AvgIpc) is 3.36. The largest absolute Gasteiger partial charge is 0.413 e. The molecule has 1 aliphatic heterocycles. The van der Waals surface area contributed by atoms with Crippen LogP contribution in [0.3, 0.4) is 0 Å². The summed E-state index contributed by atoms with van der Waals surface area (Å²) < 4.78 is 7.99. The van der Waals surface area contributed by atoms with Crippen LogP contribution in [0.25, 0.3) is 21.9 Å². The lowest BCUT2D eigenvalue weighted by Crippen LogP contribution is -2.27. The highest BCUT2D eigenvalue weighted by molar-refractivity contribution is 6.02. The van der Waals surface area contributed by atoms with Gasteiger partial charge in [0.15, 0.2) is 0 Å². The number of fused-ring (bicyclic) bond motifs is 3. The fraction of sp³-hybridized carbons (Fsp3) is 0.435. The molecule has 0 spiro atoms. The van der Waals surface area contributed by atoms with E-state index < -0.39 is 0 Å². The lowest BCUT2D eigenvalue weighted by atomic mass is 9.92. The van der Waals surface area contributed by atoms with E-state index in [0.717, 1.165) is 65.6 Å². The summed E-state index contributed by atoms with van der Waals surface area (Å²) in [4.78, 5) is 15.0. The number of benzene rings is 1. The summed E-state index contributed by atoms with van der Waals surface area (Å²) in [7, 11) is 1.80. The zero-order valence-electron chi connectivity index (χ0n) is 17.3. The standard InChI is InChI=1S/C23H25N5O2/c1-14-9-16(27-30-14)11-22-26-21-13-25-20-8-3-15(12-24)10-19(20)23(21)28(22)17-4-6-18(29-2)7-5-17/h3,8-10,13,16-18,27H,4-7,11H2,1-2H3/t16?,17-,18-. The third-order valence-electron chi connectivity index (χ3n) is 6.27. The second-order valence-electron chi connectivity index (χ2n) is 8.21. The topological polar surface area (TPSA) is 85.0 Å². The van der Waals surface area contributed by atoms with Gasteiger partial charge in [-0.3, -0.25) is 4.98 Å². The van der Waals surface area contributed by atoms with Crippen LogP contribution in [0.5, 0.6) is 0 Å². The molecule has 5 rings (SSSR count). The highest BCUT2D eigenvalue weighted by Gasteiger charge is 2.28. The van der Waals surface area contributed by atoms with Gasteiger partial charge in [0, 0.05) is 25.0 Å². The first-order chi connectivity index (χ1) is 14.7. The van der Waals surface area contributed by atoms with Crippen molar-refractivity contribution in [2.75, 3.05) is 7.11 Å². The molecule has 1 fully saturated rings. The minimum absolute atomic E-state index is 0.0877. The molecule has 0 saturated heterocycles. The maximum atomic E-state index is 9.43. The number of aromatic nitrogens is 3. The molecule has 1 saturated carbocycles. The molecule has 0 amide bonds. The van der Waals surface area contributed by atoms with Crippen molar-refractivity contribution in [3.05, 3.63) is 47.6 Å². The van der Waals surface area contributed by atoms with E-state index in [9.17, 15) is 5.26 Å². The Labute approximate surface area is 175 Å². The molecule has 1 N–H and O–H groups in total. The minimum Gasteiger partial charge on any atom is -0.413 e. The Bertz CT molecular complexity index is 1170. The average molecular weight is 403 g/mol. The van der Waals surface area contributed by atoms with Gasteiger partial charge in [0.2, 0.25) is 0 Å². The first kappa shape index (κ1) is 19.0. The number of nitrogens with one attached hydrogen (secondary N) is 1. The van der Waals surface area contributed by atoms with Gasteiger partial charge in [0.25, 0.3) is 0 Å². The first-order valence-corrected chi connectivity index (χ1v) is 10.5. The summed E-state index contributed by atoms with van der Waals surface area (Å²) in [5.74, 6) is 1.91. The van der Waals surface area contributed by atoms with Crippen LogP contribution in [0.1, 0.15) is 50.0 Å². The van der Waals surface area contributed by atoms with Crippen LogP contribution in [0, 0.1) is 11.3 Å².